The van der Waals surface area contributed by atoms with Crippen molar-refractivity contribution in [2.45, 2.75) is 13.8 Å². The Morgan fingerprint density at radius 2 is 1.25 bits per heavy atom. The van der Waals surface area contributed by atoms with Crippen LogP contribution in [0.1, 0.15) is 25.2 Å². The van der Waals surface area contributed by atoms with E-state index in [2.05, 4.69) is 20.0 Å². The van der Waals surface area contributed by atoms with Gasteiger partial charge in [0.25, 0.3) is 0 Å². The lowest BCUT2D eigenvalue weighted by Gasteiger charge is -2.00. The molecular formula is C16H18N4. The van der Waals surface area contributed by atoms with Crippen LogP contribution in [-0.2, 0) is 0 Å². The predicted octanol–water partition coefficient (Wildman–Crippen LogP) is 2.79. The topological polar surface area (TPSA) is 50.5 Å². The molecule has 0 amide bonds. The van der Waals surface area contributed by atoms with Gasteiger partial charge in [-0.3, -0.25) is 20.0 Å². The highest BCUT2D eigenvalue weighted by Gasteiger charge is 1.98. The Hall–Kier alpha value is -2.36. The van der Waals surface area contributed by atoms with Crippen LogP contribution in [0.15, 0.2) is 58.8 Å². The summed E-state index contributed by atoms with van der Waals surface area (Å²) in [7, 11) is 0. The van der Waals surface area contributed by atoms with E-state index in [4.69, 9.17) is 0 Å². The number of pyridine rings is 2. The van der Waals surface area contributed by atoms with E-state index in [1.807, 2.05) is 50.2 Å². The number of nitrogens with zero attached hydrogens (tertiary/aromatic N) is 4. The largest absolute Gasteiger partial charge is 0.286 e. The van der Waals surface area contributed by atoms with Crippen molar-refractivity contribution in [1.82, 2.24) is 9.97 Å². The molecule has 2 heterocycles. The maximum absolute atomic E-state index is 4.49. The minimum Gasteiger partial charge on any atom is -0.286 e. The van der Waals surface area contributed by atoms with Gasteiger partial charge in [0.2, 0.25) is 0 Å². The minimum atomic E-state index is 0.659. The zero-order chi connectivity index (χ0) is 14.2. The number of aromatic nitrogens is 2. The van der Waals surface area contributed by atoms with Crippen molar-refractivity contribution in [1.29, 1.82) is 0 Å². The summed E-state index contributed by atoms with van der Waals surface area (Å²) in [5.41, 5.74) is 3.71. The summed E-state index contributed by atoms with van der Waals surface area (Å²) in [6.07, 6.45) is 3.55. The Kier molecular flexibility index (Phi) is 5.12. The first-order chi connectivity index (χ1) is 9.77. The molecule has 0 saturated heterocycles. The van der Waals surface area contributed by atoms with Crippen LogP contribution in [0.4, 0.5) is 0 Å². The maximum Gasteiger partial charge on any atom is 0.0837 e. The molecule has 2 aromatic heterocycles. The Labute approximate surface area is 119 Å². The quantitative estimate of drug-likeness (QED) is 0.617. The van der Waals surface area contributed by atoms with Crippen molar-refractivity contribution in [3.05, 3.63) is 60.2 Å². The summed E-state index contributed by atoms with van der Waals surface area (Å²) >= 11 is 0. The van der Waals surface area contributed by atoms with Gasteiger partial charge in [0.05, 0.1) is 35.9 Å². The van der Waals surface area contributed by atoms with Crippen molar-refractivity contribution in [2.75, 3.05) is 13.1 Å². The van der Waals surface area contributed by atoms with Crippen LogP contribution in [-0.4, -0.2) is 34.5 Å². The molecule has 4 nitrogen and oxygen atoms in total. The molecule has 0 spiro atoms. The summed E-state index contributed by atoms with van der Waals surface area (Å²) < 4.78 is 0. The van der Waals surface area contributed by atoms with Gasteiger partial charge in [0.15, 0.2) is 0 Å². The van der Waals surface area contributed by atoms with Crippen LogP contribution in [0.25, 0.3) is 0 Å². The third-order valence-corrected chi connectivity index (χ3v) is 2.87. The Balaban J connectivity index is 1.90. The minimum absolute atomic E-state index is 0.659. The summed E-state index contributed by atoms with van der Waals surface area (Å²) in [5, 5.41) is 0. The van der Waals surface area contributed by atoms with Crippen LogP contribution in [0, 0.1) is 0 Å². The van der Waals surface area contributed by atoms with Crippen molar-refractivity contribution in [3.63, 3.8) is 0 Å². The molecule has 0 aromatic carbocycles. The van der Waals surface area contributed by atoms with Gasteiger partial charge in [-0.2, -0.15) is 0 Å². The van der Waals surface area contributed by atoms with E-state index in [1.165, 1.54) is 0 Å². The molecule has 2 rings (SSSR count). The molecule has 0 unspecified atom stereocenters. The lowest BCUT2D eigenvalue weighted by Crippen LogP contribution is -2.03. The number of hydrogen-bond acceptors (Lipinski definition) is 4. The highest BCUT2D eigenvalue weighted by atomic mass is 14.8. The third kappa shape index (κ3) is 4.09. The standard InChI is InChI=1S/C16H18N4/c1-13(15-7-3-5-9-19-15)17-11-12-18-14(2)16-8-4-6-10-20-16/h3-10H,11-12H2,1-2H3. The van der Waals surface area contributed by atoms with Crippen molar-refractivity contribution in [2.24, 2.45) is 9.98 Å². The number of hydrogen-bond donors (Lipinski definition) is 0. The van der Waals surface area contributed by atoms with Crippen molar-refractivity contribution >= 4 is 11.4 Å². The highest BCUT2D eigenvalue weighted by molar-refractivity contribution is 5.97. The second-order valence-electron chi connectivity index (χ2n) is 4.36. The second kappa shape index (κ2) is 7.28. The van der Waals surface area contributed by atoms with Gasteiger partial charge in [-0.1, -0.05) is 12.1 Å². The molecule has 0 radical (unpaired) electrons. The van der Waals surface area contributed by atoms with E-state index in [-0.39, 0.29) is 0 Å². The normalized spacial score (nSPS) is 12.5. The first kappa shape index (κ1) is 14.1. The molecule has 0 fully saturated rings. The van der Waals surface area contributed by atoms with Crippen LogP contribution in [0.5, 0.6) is 0 Å². The average molecular weight is 266 g/mol. The fourth-order valence-corrected chi connectivity index (χ4v) is 1.75. The summed E-state index contributed by atoms with van der Waals surface area (Å²) in [6.45, 7) is 5.26. The van der Waals surface area contributed by atoms with Gasteiger partial charge in [-0.05, 0) is 38.1 Å². The zero-order valence-corrected chi connectivity index (χ0v) is 11.8. The van der Waals surface area contributed by atoms with E-state index < -0.39 is 0 Å². The van der Waals surface area contributed by atoms with Crippen LogP contribution in [0.3, 0.4) is 0 Å². The molecule has 0 aliphatic carbocycles. The first-order valence-corrected chi connectivity index (χ1v) is 6.62. The molecule has 0 atom stereocenters. The Bertz CT molecular complexity index is 533. The van der Waals surface area contributed by atoms with Gasteiger partial charge >= 0.3 is 0 Å². The van der Waals surface area contributed by atoms with Gasteiger partial charge in [-0.15, -0.1) is 0 Å². The van der Waals surface area contributed by atoms with Crippen LogP contribution in [0.2, 0.25) is 0 Å². The molecule has 4 heteroatoms. The number of aliphatic imine (C=N–C) groups is 2. The average Bonchev–Trinajstić information content (AvgIpc) is 2.53. The number of rotatable bonds is 5. The smallest absolute Gasteiger partial charge is 0.0837 e. The Morgan fingerprint density at radius 3 is 1.60 bits per heavy atom. The molecule has 0 aliphatic heterocycles. The van der Waals surface area contributed by atoms with Crippen molar-refractivity contribution in [3.8, 4) is 0 Å². The lowest BCUT2D eigenvalue weighted by molar-refractivity contribution is 0.969. The summed E-state index contributed by atoms with van der Waals surface area (Å²) in [5.74, 6) is 0. The van der Waals surface area contributed by atoms with Crippen LogP contribution >= 0.6 is 0 Å². The summed E-state index contributed by atoms with van der Waals surface area (Å²) in [4.78, 5) is 17.5. The molecule has 0 aliphatic rings. The molecule has 0 bridgehead atoms. The second-order valence-corrected chi connectivity index (χ2v) is 4.36. The van der Waals surface area contributed by atoms with Gasteiger partial charge in [0, 0.05) is 12.4 Å². The zero-order valence-electron chi connectivity index (χ0n) is 11.8. The molecule has 20 heavy (non-hydrogen) atoms. The molecular weight excluding hydrogens is 248 g/mol. The Morgan fingerprint density at radius 1 is 0.800 bits per heavy atom. The monoisotopic (exact) mass is 266 g/mol. The van der Waals surface area contributed by atoms with E-state index in [0.717, 1.165) is 22.8 Å². The van der Waals surface area contributed by atoms with Crippen LogP contribution < -0.4 is 0 Å². The van der Waals surface area contributed by atoms with Crippen molar-refractivity contribution < 1.29 is 0 Å². The fraction of sp³-hybridized carbons (Fsp3) is 0.250. The highest BCUT2D eigenvalue weighted by Crippen LogP contribution is 1.98. The predicted molar refractivity (Wildman–Crippen MR) is 82.6 cm³/mol. The SMILES string of the molecule is CC(=NCCN=C(C)c1ccccn1)c1ccccn1. The van der Waals surface area contributed by atoms with Gasteiger partial charge in [-0.25, -0.2) is 0 Å². The lowest BCUT2D eigenvalue weighted by atomic mass is 10.2. The van der Waals surface area contributed by atoms with E-state index >= 15 is 0 Å². The third-order valence-electron chi connectivity index (χ3n) is 2.87. The molecule has 0 N–H and O–H groups in total. The summed E-state index contributed by atoms with van der Waals surface area (Å²) in [6, 6.07) is 11.6. The van der Waals surface area contributed by atoms with Gasteiger partial charge in [0.1, 0.15) is 0 Å². The van der Waals surface area contributed by atoms with Gasteiger partial charge < -0.3 is 0 Å². The van der Waals surface area contributed by atoms with E-state index in [1.54, 1.807) is 12.4 Å². The van der Waals surface area contributed by atoms with E-state index in [0.29, 0.717) is 13.1 Å². The first-order valence-electron chi connectivity index (χ1n) is 6.62. The fourth-order valence-electron chi connectivity index (χ4n) is 1.75. The molecule has 2 aromatic rings. The van der Waals surface area contributed by atoms with E-state index in [9.17, 15) is 0 Å². The molecule has 102 valence electrons. The molecule has 0 saturated carbocycles. The maximum atomic E-state index is 4.49.